The van der Waals surface area contributed by atoms with E-state index in [0.717, 1.165) is 0 Å². The van der Waals surface area contributed by atoms with Crippen LogP contribution in [0.2, 0.25) is 0 Å². The predicted octanol–water partition coefficient (Wildman–Crippen LogP) is -0.718. The fourth-order valence-corrected chi connectivity index (χ4v) is 0.880. The number of anilines is 1. The molecule has 0 saturated heterocycles. The molecule has 5 nitrogen and oxygen atoms in total. The van der Waals surface area contributed by atoms with Crippen LogP contribution in [0.3, 0.4) is 0 Å². The van der Waals surface area contributed by atoms with Gasteiger partial charge in [0.2, 0.25) is 11.5 Å². The van der Waals surface area contributed by atoms with Crippen molar-refractivity contribution in [2.75, 3.05) is 11.9 Å². The lowest BCUT2D eigenvalue weighted by atomic mass is 10.4. The van der Waals surface area contributed by atoms with Crippen molar-refractivity contribution in [3.8, 4) is 0 Å². The maximum atomic E-state index is 11.0. The number of hydrogen-bond acceptors (Lipinski definition) is 3. The first-order chi connectivity index (χ1) is 6.13. The molecule has 1 aromatic rings. The molecule has 0 aromatic carbocycles. The summed E-state index contributed by atoms with van der Waals surface area (Å²) in [6.45, 7) is -0.0666. The highest BCUT2D eigenvalue weighted by atomic mass is 16.2. The average molecular weight is 181 g/mol. The molecule has 0 unspecified atom stereocenters. The maximum Gasteiger partial charge on any atom is 0.250 e. The summed E-state index contributed by atoms with van der Waals surface area (Å²) in [4.78, 5) is 21.8. The molecule has 1 aromatic heterocycles. The second-order valence-corrected chi connectivity index (χ2v) is 2.62. The Morgan fingerprint density at radius 3 is 2.85 bits per heavy atom. The second kappa shape index (κ2) is 3.86. The highest BCUT2D eigenvalue weighted by Crippen LogP contribution is 2.00. The van der Waals surface area contributed by atoms with Gasteiger partial charge < -0.3 is 15.6 Å². The molecular formula is C8H11N3O2. The first kappa shape index (κ1) is 9.47. The zero-order valence-corrected chi connectivity index (χ0v) is 7.28. The van der Waals surface area contributed by atoms with E-state index in [9.17, 15) is 9.59 Å². The van der Waals surface area contributed by atoms with Gasteiger partial charge in [0, 0.05) is 19.3 Å². The first-order valence-corrected chi connectivity index (χ1v) is 3.80. The van der Waals surface area contributed by atoms with Gasteiger partial charge in [0.1, 0.15) is 0 Å². The van der Waals surface area contributed by atoms with Crippen LogP contribution in [0.4, 0.5) is 5.69 Å². The van der Waals surface area contributed by atoms with Gasteiger partial charge in [-0.25, -0.2) is 0 Å². The third-order valence-corrected chi connectivity index (χ3v) is 1.55. The number of hydrogen-bond donors (Lipinski definition) is 2. The van der Waals surface area contributed by atoms with Gasteiger partial charge in [-0.2, -0.15) is 0 Å². The van der Waals surface area contributed by atoms with Crippen LogP contribution in [0, 0.1) is 0 Å². The van der Waals surface area contributed by atoms with E-state index in [0.29, 0.717) is 5.69 Å². The molecule has 0 aliphatic carbocycles. The number of nitrogens with two attached hydrogens (primary N) is 1. The van der Waals surface area contributed by atoms with Crippen molar-refractivity contribution in [3.05, 3.63) is 28.7 Å². The molecule has 0 radical (unpaired) electrons. The first-order valence-electron chi connectivity index (χ1n) is 3.80. The smallest absolute Gasteiger partial charge is 0.250 e. The highest BCUT2D eigenvalue weighted by Gasteiger charge is 1.99. The molecule has 1 amide bonds. The van der Waals surface area contributed by atoms with E-state index in [1.807, 2.05) is 0 Å². The Kier molecular flexibility index (Phi) is 2.81. The summed E-state index contributed by atoms with van der Waals surface area (Å²) in [5.74, 6) is -0.279. The number of carbonyl (C=O) groups excluding carboxylic acids is 1. The van der Waals surface area contributed by atoms with Crippen molar-refractivity contribution in [3.63, 3.8) is 0 Å². The molecule has 1 rings (SSSR count). The monoisotopic (exact) mass is 181 g/mol. The fraction of sp³-hybridized carbons (Fsp3) is 0.250. The number of carbonyl (C=O) groups is 1. The Labute approximate surface area is 75.2 Å². The fourth-order valence-electron chi connectivity index (χ4n) is 0.880. The molecule has 0 saturated carbocycles. The van der Waals surface area contributed by atoms with Gasteiger partial charge in [-0.15, -0.1) is 0 Å². The number of amides is 1. The average Bonchev–Trinajstić information content (AvgIpc) is 2.11. The van der Waals surface area contributed by atoms with E-state index in [-0.39, 0.29) is 18.0 Å². The lowest BCUT2D eigenvalue weighted by molar-refractivity contribution is -0.114. The van der Waals surface area contributed by atoms with Crippen molar-refractivity contribution in [1.29, 1.82) is 0 Å². The van der Waals surface area contributed by atoms with E-state index in [2.05, 4.69) is 5.32 Å². The SMILES string of the molecule is Cn1cc(NC(=O)CN)ccc1=O. The Bertz CT molecular complexity index is 370. The van der Waals surface area contributed by atoms with Crippen LogP contribution < -0.4 is 16.6 Å². The summed E-state index contributed by atoms with van der Waals surface area (Å²) in [7, 11) is 1.61. The van der Waals surface area contributed by atoms with Crippen molar-refractivity contribution in [2.45, 2.75) is 0 Å². The van der Waals surface area contributed by atoms with Gasteiger partial charge in [-0.3, -0.25) is 9.59 Å². The molecule has 1 heterocycles. The molecule has 3 N–H and O–H groups in total. The minimum absolute atomic E-state index is 0.0666. The van der Waals surface area contributed by atoms with Crippen LogP contribution in [0.15, 0.2) is 23.1 Å². The van der Waals surface area contributed by atoms with Gasteiger partial charge in [0.25, 0.3) is 0 Å². The number of rotatable bonds is 2. The van der Waals surface area contributed by atoms with Crippen LogP contribution in [0.5, 0.6) is 0 Å². The van der Waals surface area contributed by atoms with Crippen LogP contribution in [0.25, 0.3) is 0 Å². The number of pyridine rings is 1. The Hall–Kier alpha value is -1.62. The van der Waals surface area contributed by atoms with Gasteiger partial charge in [0.15, 0.2) is 0 Å². The molecule has 0 aliphatic heterocycles. The Morgan fingerprint density at radius 1 is 1.62 bits per heavy atom. The molecular weight excluding hydrogens is 170 g/mol. The largest absolute Gasteiger partial charge is 0.324 e. The van der Waals surface area contributed by atoms with Crippen molar-refractivity contribution in [2.24, 2.45) is 12.8 Å². The molecule has 0 spiro atoms. The molecule has 0 aliphatic rings. The van der Waals surface area contributed by atoms with Crippen LogP contribution in [-0.4, -0.2) is 17.0 Å². The summed E-state index contributed by atoms with van der Waals surface area (Å²) >= 11 is 0. The zero-order valence-electron chi connectivity index (χ0n) is 7.28. The van der Waals surface area contributed by atoms with E-state index in [1.165, 1.54) is 22.9 Å². The Morgan fingerprint density at radius 2 is 2.31 bits per heavy atom. The Balaban J connectivity index is 2.86. The number of nitrogens with zero attached hydrogens (tertiary/aromatic N) is 1. The van der Waals surface area contributed by atoms with E-state index >= 15 is 0 Å². The van der Waals surface area contributed by atoms with Crippen LogP contribution >= 0.6 is 0 Å². The summed E-state index contributed by atoms with van der Waals surface area (Å²) in [5, 5.41) is 2.54. The molecule has 0 fully saturated rings. The quantitative estimate of drug-likeness (QED) is 0.632. The highest BCUT2D eigenvalue weighted by molar-refractivity contribution is 5.91. The predicted molar refractivity (Wildman–Crippen MR) is 49.4 cm³/mol. The van der Waals surface area contributed by atoms with Gasteiger partial charge >= 0.3 is 0 Å². The van der Waals surface area contributed by atoms with Gasteiger partial charge in [-0.05, 0) is 6.07 Å². The van der Waals surface area contributed by atoms with Gasteiger partial charge in [0.05, 0.1) is 12.2 Å². The van der Waals surface area contributed by atoms with Crippen LogP contribution in [-0.2, 0) is 11.8 Å². The van der Waals surface area contributed by atoms with E-state index in [1.54, 1.807) is 7.05 Å². The minimum Gasteiger partial charge on any atom is -0.324 e. The van der Waals surface area contributed by atoms with Crippen molar-refractivity contribution in [1.82, 2.24) is 4.57 Å². The normalized spacial score (nSPS) is 9.69. The summed E-state index contributed by atoms with van der Waals surface area (Å²) in [6.07, 6.45) is 1.54. The molecule has 0 bridgehead atoms. The third-order valence-electron chi connectivity index (χ3n) is 1.55. The molecule has 13 heavy (non-hydrogen) atoms. The van der Waals surface area contributed by atoms with E-state index in [4.69, 9.17) is 5.73 Å². The molecule has 5 heteroatoms. The summed E-state index contributed by atoms with van der Waals surface area (Å²) < 4.78 is 1.38. The maximum absolute atomic E-state index is 11.0. The van der Waals surface area contributed by atoms with Crippen molar-refractivity contribution >= 4 is 11.6 Å². The minimum atomic E-state index is -0.279. The zero-order chi connectivity index (χ0) is 9.84. The third kappa shape index (κ3) is 2.41. The number of aryl methyl sites for hydroxylation is 1. The second-order valence-electron chi connectivity index (χ2n) is 2.62. The summed E-state index contributed by atoms with van der Waals surface area (Å²) in [6, 6.07) is 2.92. The summed E-state index contributed by atoms with van der Waals surface area (Å²) in [5.41, 5.74) is 5.55. The topological polar surface area (TPSA) is 77.1 Å². The lowest BCUT2D eigenvalue weighted by Gasteiger charge is -2.04. The van der Waals surface area contributed by atoms with E-state index < -0.39 is 0 Å². The van der Waals surface area contributed by atoms with Crippen molar-refractivity contribution < 1.29 is 4.79 Å². The van der Waals surface area contributed by atoms with Crippen LogP contribution in [0.1, 0.15) is 0 Å². The van der Waals surface area contributed by atoms with Gasteiger partial charge in [-0.1, -0.05) is 0 Å². The molecule has 0 atom stereocenters. The number of aromatic nitrogens is 1. The standard InChI is InChI=1S/C8H11N3O2/c1-11-5-6(2-3-8(11)13)10-7(12)4-9/h2-3,5H,4,9H2,1H3,(H,10,12). The number of nitrogens with one attached hydrogen (secondary N) is 1. The molecule has 70 valence electrons. The lowest BCUT2D eigenvalue weighted by Crippen LogP contribution is -2.23.